The molecule has 1 aliphatic rings. The fourth-order valence-electron chi connectivity index (χ4n) is 1.46. The molecule has 1 aromatic carbocycles. The topological polar surface area (TPSA) is 20.3 Å². The lowest BCUT2D eigenvalue weighted by atomic mass is 10.00. The van der Waals surface area contributed by atoms with Crippen LogP contribution < -0.4 is 0 Å². The Morgan fingerprint density at radius 2 is 2.33 bits per heavy atom. The van der Waals surface area contributed by atoms with Crippen molar-refractivity contribution in [3.8, 4) is 0 Å². The molecule has 61 valence electrons. The molecule has 0 atom stereocenters. The van der Waals surface area contributed by atoms with Gasteiger partial charge < -0.3 is 4.90 Å². The van der Waals surface area contributed by atoms with Gasteiger partial charge in [0.1, 0.15) is 0 Å². The Balaban J connectivity index is 2.40. The molecular formula is C10H10NO. The zero-order valence-corrected chi connectivity index (χ0v) is 7.00. The number of fused-ring (bicyclic) bond motifs is 1. The van der Waals surface area contributed by atoms with E-state index in [4.69, 9.17) is 0 Å². The average Bonchev–Trinajstić information content (AvgIpc) is 2.07. The van der Waals surface area contributed by atoms with Gasteiger partial charge in [0.15, 0.2) is 0 Å². The monoisotopic (exact) mass is 160 g/mol. The summed E-state index contributed by atoms with van der Waals surface area (Å²) in [7, 11) is 1.83. The second-order valence-corrected chi connectivity index (χ2v) is 3.12. The lowest BCUT2D eigenvalue weighted by molar-refractivity contribution is -0.130. The predicted molar refractivity (Wildman–Crippen MR) is 45.5 cm³/mol. The van der Waals surface area contributed by atoms with E-state index in [0.717, 1.165) is 12.1 Å². The molecule has 0 saturated carbocycles. The van der Waals surface area contributed by atoms with E-state index in [1.165, 1.54) is 5.56 Å². The smallest absolute Gasteiger partial charge is 0.227 e. The molecule has 0 spiro atoms. The first-order valence-electron chi connectivity index (χ1n) is 3.99. The molecule has 12 heavy (non-hydrogen) atoms. The van der Waals surface area contributed by atoms with Gasteiger partial charge in [0, 0.05) is 13.6 Å². The van der Waals surface area contributed by atoms with Crippen LogP contribution in [0.15, 0.2) is 18.2 Å². The van der Waals surface area contributed by atoms with E-state index in [1.54, 1.807) is 4.90 Å². The fraction of sp³-hybridized carbons (Fsp3) is 0.300. The van der Waals surface area contributed by atoms with Gasteiger partial charge in [-0.2, -0.15) is 0 Å². The van der Waals surface area contributed by atoms with Gasteiger partial charge in [-0.1, -0.05) is 12.1 Å². The summed E-state index contributed by atoms with van der Waals surface area (Å²) in [5.41, 5.74) is 2.37. The molecule has 1 amide bonds. The van der Waals surface area contributed by atoms with Gasteiger partial charge >= 0.3 is 0 Å². The Morgan fingerprint density at radius 3 is 3.17 bits per heavy atom. The average molecular weight is 160 g/mol. The van der Waals surface area contributed by atoms with Crippen LogP contribution >= 0.6 is 0 Å². The highest BCUT2D eigenvalue weighted by molar-refractivity contribution is 5.80. The van der Waals surface area contributed by atoms with Crippen LogP contribution in [0.2, 0.25) is 0 Å². The normalized spacial score (nSPS) is 16.1. The third kappa shape index (κ3) is 1.09. The van der Waals surface area contributed by atoms with Crippen molar-refractivity contribution in [2.45, 2.75) is 13.0 Å². The molecule has 1 aromatic rings. The Morgan fingerprint density at radius 1 is 1.50 bits per heavy atom. The number of nitrogens with zero attached hydrogens (tertiary/aromatic N) is 1. The molecule has 2 nitrogen and oxygen atoms in total. The number of amides is 1. The van der Waals surface area contributed by atoms with Crippen molar-refractivity contribution in [2.24, 2.45) is 0 Å². The molecule has 0 N–H and O–H groups in total. The Labute approximate surface area is 71.8 Å². The number of hydrogen-bond acceptors (Lipinski definition) is 1. The van der Waals surface area contributed by atoms with Gasteiger partial charge in [-0.15, -0.1) is 0 Å². The summed E-state index contributed by atoms with van der Waals surface area (Å²) in [5, 5.41) is 0. The van der Waals surface area contributed by atoms with E-state index >= 15 is 0 Å². The molecule has 0 bridgehead atoms. The highest BCUT2D eigenvalue weighted by Crippen LogP contribution is 2.17. The highest BCUT2D eigenvalue weighted by atomic mass is 16.2. The van der Waals surface area contributed by atoms with Crippen molar-refractivity contribution in [3.63, 3.8) is 0 Å². The maximum Gasteiger partial charge on any atom is 0.227 e. The lowest BCUT2D eigenvalue weighted by Crippen LogP contribution is -2.32. The Hall–Kier alpha value is -1.31. The minimum absolute atomic E-state index is 0.203. The van der Waals surface area contributed by atoms with Crippen LogP contribution in [0.5, 0.6) is 0 Å². The van der Waals surface area contributed by atoms with Gasteiger partial charge in [0.25, 0.3) is 0 Å². The molecule has 0 aromatic heterocycles. The summed E-state index contributed by atoms with van der Waals surface area (Å²) in [6.45, 7) is 0.728. The third-order valence-corrected chi connectivity index (χ3v) is 2.23. The molecule has 0 aliphatic carbocycles. The van der Waals surface area contributed by atoms with E-state index in [0.29, 0.717) is 6.42 Å². The first kappa shape index (κ1) is 7.35. The van der Waals surface area contributed by atoms with Gasteiger partial charge in [0.05, 0.1) is 6.42 Å². The van der Waals surface area contributed by atoms with E-state index in [1.807, 2.05) is 25.2 Å². The summed E-state index contributed by atoms with van der Waals surface area (Å²) in [6.07, 6.45) is 0.542. The lowest BCUT2D eigenvalue weighted by Gasteiger charge is -2.24. The number of benzene rings is 1. The SMILES string of the molecule is CN1Cc2c[c]ccc2CC1=O. The predicted octanol–water partition coefficient (Wildman–Crippen LogP) is 1.00. The van der Waals surface area contributed by atoms with E-state index in [2.05, 4.69) is 6.07 Å². The second kappa shape index (κ2) is 2.63. The summed E-state index contributed by atoms with van der Waals surface area (Å²) in [4.78, 5) is 13.0. The van der Waals surface area contributed by atoms with Crippen molar-refractivity contribution in [3.05, 3.63) is 35.4 Å². The Kier molecular flexibility index (Phi) is 1.61. The van der Waals surface area contributed by atoms with Gasteiger partial charge in [-0.05, 0) is 23.3 Å². The summed E-state index contributed by atoms with van der Waals surface area (Å²) >= 11 is 0. The Bertz CT molecular complexity index is 319. The molecule has 1 aliphatic heterocycles. The van der Waals surface area contributed by atoms with E-state index in [-0.39, 0.29) is 5.91 Å². The van der Waals surface area contributed by atoms with Crippen LogP contribution in [-0.2, 0) is 17.8 Å². The van der Waals surface area contributed by atoms with Crippen molar-refractivity contribution in [1.82, 2.24) is 4.90 Å². The highest BCUT2D eigenvalue weighted by Gasteiger charge is 2.18. The number of likely N-dealkylation sites (N-methyl/N-ethyl adjacent to an activating group) is 1. The maximum absolute atomic E-state index is 11.3. The van der Waals surface area contributed by atoms with Crippen molar-refractivity contribution in [1.29, 1.82) is 0 Å². The minimum atomic E-state index is 0.203. The molecule has 2 heteroatoms. The molecule has 0 unspecified atom stereocenters. The number of carbonyl (C=O) groups excluding carboxylic acids is 1. The quantitative estimate of drug-likeness (QED) is 0.554. The zero-order chi connectivity index (χ0) is 8.55. The number of rotatable bonds is 0. The van der Waals surface area contributed by atoms with E-state index < -0.39 is 0 Å². The number of carbonyl (C=O) groups is 1. The third-order valence-electron chi connectivity index (χ3n) is 2.23. The first-order valence-corrected chi connectivity index (χ1v) is 3.99. The van der Waals surface area contributed by atoms with Crippen LogP contribution in [0, 0.1) is 6.07 Å². The van der Waals surface area contributed by atoms with Crippen molar-refractivity contribution in [2.75, 3.05) is 7.05 Å². The fourth-order valence-corrected chi connectivity index (χ4v) is 1.46. The molecule has 0 fully saturated rings. The molecular weight excluding hydrogens is 150 g/mol. The van der Waals surface area contributed by atoms with Crippen molar-refractivity contribution < 1.29 is 4.79 Å². The van der Waals surface area contributed by atoms with Crippen LogP contribution in [0.1, 0.15) is 11.1 Å². The van der Waals surface area contributed by atoms with Crippen LogP contribution in [0.3, 0.4) is 0 Å². The molecule has 2 rings (SSSR count). The van der Waals surface area contributed by atoms with Gasteiger partial charge in [0.2, 0.25) is 5.91 Å². The summed E-state index contributed by atoms with van der Waals surface area (Å²) in [5.74, 6) is 0.203. The summed E-state index contributed by atoms with van der Waals surface area (Å²) in [6, 6.07) is 8.81. The van der Waals surface area contributed by atoms with E-state index in [9.17, 15) is 4.79 Å². The minimum Gasteiger partial charge on any atom is -0.341 e. The van der Waals surface area contributed by atoms with Crippen LogP contribution in [0.4, 0.5) is 0 Å². The molecule has 1 heterocycles. The second-order valence-electron chi connectivity index (χ2n) is 3.12. The molecule has 0 saturated heterocycles. The summed E-state index contributed by atoms with van der Waals surface area (Å²) < 4.78 is 0. The largest absolute Gasteiger partial charge is 0.341 e. The van der Waals surface area contributed by atoms with Gasteiger partial charge in [-0.25, -0.2) is 0 Å². The van der Waals surface area contributed by atoms with Crippen LogP contribution in [-0.4, -0.2) is 17.9 Å². The van der Waals surface area contributed by atoms with Crippen molar-refractivity contribution >= 4 is 5.91 Å². The molecule has 1 radical (unpaired) electrons. The number of hydrogen-bond donors (Lipinski definition) is 0. The maximum atomic E-state index is 11.3. The van der Waals surface area contributed by atoms with Crippen LogP contribution in [0.25, 0.3) is 0 Å². The zero-order valence-electron chi connectivity index (χ0n) is 7.00. The first-order chi connectivity index (χ1) is 5.77. The standard InChI is InChI=1S/C10H10NO/c1-11-7-9-5-3-2-4-8(9)6-10(11)12/h2,4-5H,6-7H2,1H3. The van der Waals surface area contributed by atoms with Gasteiger partial charge in [-0.3, -0.25) is 4.79 Å².